The molecule has 11 heteroatoms. The van der Waals surface area contributed by atoms with Gasteiger partial charge in [0.2, 0.25) is 15.9 Å². The molecule has 1 amide bonds. The lowest BCUT2D eigenvalue weighted by Gasteiger charge is -2.25. The molecule has 0 atom stereocenters. The second-order valence-electron chi connectivity index (χ2n) is 6.78. The van der Waals surface area contributed by atoms with E-state index in [1.807, 2.05) is 0 Å². The SMILES string of the molecule is CN(C(=O)CN(Cc1ccco1)S(=O)(=O)c1cc(C(F)(F)F)ccc1Cl)c1ccccc1. The lowest BCUT2D eigenvalue weighted by Crippen LogP contribution is -2.41. The van der Waals surface area contributed by atoms with Crippen molar-refractivity contribution in [1.29, 1.82) is 0 Å². The highest BCUT2D eigenvalue weighted by molar-refractivity contribution is 7.89. The molecule has 6 nitrogen and oxygen atoms in total. The molecule has 1 aromatic heterocycles. The van der Waals surface area contributed by atoms with Gasteiger partial charge in [0.15, 0.2) is 0 Å². The van der Waals surface area contributed by atoms with Gasteiger partial charge in [-0.1, -0.05) is 29.8 Å². The normalized spacial score (nSPS) is 12.2. The zero-order valence-electron chi connectivity index (χ0n) is 16.7. The molecule has 2 aromatic carbocycles. The Morgan fingerprint density at radius 2 is 1.75 bits per heavy atom. The van der Waals surface area contributed by atoms with E-state index in [0.29, 0.717) is 17.8 Å². The van der Waals surface area contributed by atoms with Crippen LogP contribution >= 0.6 is 11.6 Å². The number of rotatable bonds is 7. The largest absolute Gasteiger partial charge is 0.468 e. The number of likely N-dealkylation sites (N-methyl/N-ethyl adjacent to an activating group) is 1. The number of hydrogen-bond donors (Lipinski definition) is 0. The van der Waals surface area contributed by atoms with Crippen molar-refractivity contribution >= 4 is 33.2 Å². The zero-order chi connectivity index (χ0) is 23.5. The Labute approximate surface area is 187 Å². The molecule has 0 saturated heterocycles. The number of anilines is 1. The molecule has 0 radical (unpaired) electrons. The van der Waals surface area contributed by atoms with Crippen molar-refractivity contribution in [2.45, 2.75) is 17.6 Å². The number of hydrogen-bond acceptors (Lipinski definition) is 4. The summed E-state index contributed by atoms with van der Waals surface area (Å²) in [5.41, 5.74) is -0.656. The van der Waals surface area contributed by atoms with E-state index in [1.165, 1.54) is 30.3 Å². The quantitative estimate of drug-likeness (QED) is 0.480. The molecule has 3 rings (SSSR count). The molecule has 170 valence electrons. The minimum atomic E-state index is -4.77. The van der Waals surface area contributed by atoms with Crippen LogP contribution in [0.3, 0.4) is 0 Å². The van der Waals surface area contributed by atoms with Gasteiger partial charge in [0.1, 0.15) is 10.7 Å². The maximum Gasteiger partial charge on any atom is 0.416 e. The first kappa shape index (κ1) is 23.8. The third-order valence-corrected chi connectivity index (χ3v) is 6.89. The number of halogens is 4. The average Bonchev–Trinajstić information content (AvgIpc) is 3.25. The monoisotopic (exact) mass is 486 g/mol. The Hall–Kier alpha value is -2.82. The van der Waals surface area contributed by atoms with E-state index in [2.05, 4.69) is 0 Å². The third-order valence-electron chi connectivity index (χ3n) is 4.62. The number of nitrogens with zero attached hydrogens (tertiary/aromatic N) is 2. The van der Waals surface area contributed by atoms with E-state index >= 15 is 0 Å². The van der Waals surface area contributed by atoms with Crippen LogP contribution in [0.15, 0.2) is 76.2 Å². The van der Waals surface area contributed by atoms with Crippen LogP contribution in [0.4, 0.5) is 18.9 Å². The highest BCUT2D eigenvalue weighted by Crippen LogP contribution is 2.34. The number of carbonyl (C=O) groups is 1. The first-order valence-corrected chi connectivity index (χ1v) is 11.0. The second kappa shape index (κ2) is 9.35. The van der Waals surface area contributed by atoms with Crippen LogP contribution < -0.4 is 4.90 Å². The van der Waals surface area contributed by atoms with Gasteiger partial charge in [-0.15, -0.1) is 0 Å². The van der Waals surface area contributed by atoms with Gasteiger partial charge in [0.25, 0.3) is 0 Å². The fourth-order valence-corrected chi connectivity index (χ4v) is 4.73. The number of benzene rings is 2. The fourth-order valence-electron chi connectivity index (χ4n) is 2.87. The van der Waals surface area contributed by atoms with Crippen LogP contribution in [0.2, 0.25) is 5.02 Å². The first-order valence-electron chi connectivity index (χ1n) is 9.21. The summed E-state index contributed by atoms with van der Waals surface area (Å²) in [6.45, 7) is -1.03. The van der Waals surface area contributed by atoms with Crippen LogP contribution in [0.25, 0.3) is 0 Å². The fraction of sp³-hybridized carbons (Fsp3) is 0.190. The van der Waals surface area contributed by atoms with Crippen molar-refractivity contribution < 1.29 is 30.8 Å². The van der Waals surface area contributed by atoms with Gasteiger partial charge < -0.3 is 9.32 Å². The lowest BCUT2D eigenvalue weighted by molar-refractivity contribution is -0.137. The van der Waals surface area contributed by atoms with E-state index in [1.54, 1.807) is 30.3 Å². The Balaban J connectivity index is 1.99. The van der Waals surface area contributed by atoms with Crippen LogP contribution in [0.1, 0.15) is 11.3 Å². The standard InChI is InChI=1S/C21H18ClF3N2O4S/c1-26(16-6-3-2-4-7-16)20(28)14-27(13-17-8-5-11-31-17)32(29,30)19-12-15(21(23,24)25)9-10-18(19)22/h2-12H,13-14H2,1H3. The summed E-state index contributed by atoms with van der Waals surface area (Å²) in [6, 6.07) is 13.5. The molecule has 0 saturated carbocycles. The number of amides is 1. The molecule has 0 spiro atoms. The van der Waals surface area contributed by atoms with Gasteiger partial charge in [-0.3, -0.25) is 4.79 Å². The second-order valence-corrected chi connectivity index (χ2v) is 9.10. The minimum Gasteiger partial charge on any atom is -0.468 e. The van der Waals surface area contributed by atoms with Crippen LogP contribution in [0.5, 0.6) is 0 Å². The van der Waals surface area contributed by atoms with Gasteiger partial charge in [-0.2, -0.15) is 17.5 Å². The molecule has 0 aliphatic rings. The highest BCUT2D eigenvalue weighted by Gasteiger charge is 2.35. The van der Waals surface area contributed by atoms with Crippen LogP contribution in [-0.2, 0) is 27.5 Å². The maximum atomic E-state index is 13.3. The summed E-state index contributed by atoms with van der Waals surface area (Å²) in [7, 11) is -3.14. The number of para-hydroxylation sites is 1. The molecular weight excluding hydrogens is 469 g/mol. The minimum absolute atomic E-state index is 0.201. The van der Waals surface area contributed by atoms with Crippen molar-refractivity contribution in [2.75, 3.05) is 18.5 Å². The van der Waals surface area contributed by atoms with Gasteiger partial charge in [0.05, 0.1) is 29.9 Å². The van der Waals surface area contributed by atoms with E-state index < -0.39 is 44.1 Å². The van der Waals surface area contributed by atoms with Crippen molar-refractivity contribution in [3.05, 3.63) is 83.3 Å². The smallest absolute Gasteiger partial charge is 0.416 e. The van der Waals surface area contributed by atoms with Crippen molar-refractivity contribution in [3.63, 3.8) is 0 Å². The Bertz CT molecular complexity index is 1180. The number of sulfonamides is 1. The third kappa shape index (κ3) is 5.32. The van der Waals surface area contributed by atoms with Gasteiger partial charge in [-0.25, -0.2) is 8.42 Å². The molecule has 32 heavy (non-hydrogen) atoms. The zero-order valence-corrected chi connectivity index (χ0v) is 18.3. The maximum absolute atomic E-state index is 13.3. The number of furan rings is 1. The summed E-state index contributed by atoms with van der Waals surface area (Å²) >= 11 is 5.96. The molecule has 0 aliphatic carbocycles. The summed E-state index contributed by atoms with van der Waals surface area (Å²) in [5.74, 6) is -0.402. The lowest BCUT2D eigenvalue weighted by atomic mass is 10.2. The van der Waals surface area contributed by atoms with E-state index in [-0.39, 0.29) is 12.3 Å². The Kier molecular flexibility index (Phi) is 6.97. The summed E-state index contributed by atoms with van der Waals surface area (Å²) in [4.78, 5) is 13.3. The van der Waals surface area contributed by atoms with Gasteiger partial charge in [-0.05, 0) is 42.5 Å². The summed E-state index contributed by atoms with van der Waals surface area (Å²) in [6.07, 6.45) is -3.46. The predicted molar refractivity (Wildman–Crippen MR) is 113 cm³/mol. The molecule has 0 unspecified atom stereocenters. The Morgan fingerprint density at radius 1 is 1.06 bits per heavy atom. The molecule has 1 heterocycles. The molecule has 0 bridgehead atoms. The summed E-state index contributed by atoms with van der Waals surface area (Å²) < 4.78 is 72.1. The van der Waals surface area contributed by atoms with Crippen LogP contribution in [-0.4, -0.2) is 32.2 Å². The molecule has 0 aliphatic heterocycles. The first-order chi connectivity index (χ1) is 15.0. The topological polar surface area (TPSA) is 70.8 Å². The molecule has 0 fully saturated rings. The van der Waals surface area contributed by atoms with Gasteiger partial charge >= 0.3 is 6.18 Å². The number of carbonyl (C=O) groups excluding carboxylic acids is 1. The number of alkyl halides is 3. The molecular formula is C21H18ClF3N2O4S. The van der Waals surface area contributed by atoms with E-state index in [4.69, 9.17) is 16.0 Å². The predicted octanol–water partition coefficient (Wildman–Crippen LogP) is 4.81. The summed E-state index contributed by atoms with van der Waals surface area (Å²) in [5, 5.41) is -0.397. The van der Waals surface area contributed by atoms with Gasteiger partial charge in [0, 0.05) is 12.7 Å². The molecule has 0 N–H and O–H groups in total. The Morgan fingerprint density at radius 3 is 2.34 bits per heavy atom. The highest BCUT2D eigenvalue weighted by atomic mass is 35.5. The van der Waals surface area contributed by atoms with E-state index in [0.717, 1.165) is 10.4 Å². The van der Waals surface area contributed by atoms with Crippen molar-refractivity contribution in [3.8, 4) is 0 Å². The van der Waals surface area contributed by atoms with Crippen molar-refractivity contribution in [2.24, 2.45) is 0 Å². The van der Waals surface area contributed by atoms with Crippen LogP contribution in [0, 0.1) is 0 Å². The van der Waals surface area contributed by atoms with E-state index in [9.17, 15) is 26.4 Å². The average molecular weight is 487 g/mol. The van der Waals surface area contributed by atoms with Crippen molar-refractivity contribution in [1.82, 2.24) is 4.31 Å². The molecule has 3 aromatic rings.